The second-order valence-electron chi connectivity index (χ2n) is 6.20. The average molecular weight is 284 g/mol. The van der Waals surface area contributed by atoms with Crippen LogP contribution < -0.4 is 11.5 Å². The molecule has 3 rings (SSSR count). The van der Waals surface area contributed by atoms with E-state index in [0.717, 1.165) is 29.8 Å². The lowest BCUT2D eigenvalue weighted by Crippen LogP contribution is -2.20. The van der Waals surface area contributed by atoms with Crippen molar-refractivity contribution in [1.29, 1.82) is 0 Å². The van der Waals surface area contributed by atoms with Crippen LogP contribution in [0, 0.1) is 0 Å². The van der Waals surface area contributed by atoms with Gasteiger partial charge in [-0.1, -0.05) is 12.1 Å². The molecule has 1 unspecified atom stereocenters. The molecule has 0 radical (unpaired) electrons. The topological polar surface area (TPSA) is 69.9 Å². The Bertz CT molecular complexity index is 642. The molecule has 112 valence electrons. The number of fused-ring (bicyclic) bond motifs is 1. The maximum Gasteiger partial charge on any atom is 0.0962 e. The number of anilines is 1. The lowest BCUT2D eigenvalue weighted by atomic mass is 9.84. The van der Waals surface area contributed by atoms with Crippen LogP contribution in [0.4, 0.5) is 5.69 Å². The molecule has 0 saturated heterocycles. The Morgan fingerprint density at radius 1 is 1.38 bits per heavy atom. The standard InChI is InChI=1S/C17H24N4/c1-11(2)21-15-8-4-6-13(10-18)16(15)17(20-21)12-5-3-7-14(19)9-12/h3,5,7,9,11,13H,4,6,8,10,18-19H2,1-2H3. The first-order chi connectivity index (χ1) is 10.1. The fourth-order valence-corrected chi connectivity index (χ4v) is 3.38. The molecule has 2 aromatic rings. The molecule has 1 aromatic carbocycles. The number of rotatable bonds is 3. The molecule has 1 aliphatic rings. The van der Waals surface area contributed by atoms with Gasteiger partial charge in [0.15, 0.2) is 0 Å². The zero-order valence-corrected chi connectivity index (χ0v) is 12.8. The number of hydrogen-bond donors (Lipinski definition) is 2. The van der Waals surface area contributed by atoms with Crippen LogP contribution in [0.25, 0.3) is 11.3 Å². The third kappa shape index (κ3) is 2.44. The fourth-order valence-electron chi connectivity index (χ4n) is 3.38. The van der Waals surface area contributed by atoms with E-state index in [-0.39, 0.29) is 0 Å². The molecule has 4 heteroatoms. The van der Waals surface area contributed by atoms with Crippen LogP contribution >= 0.6 is 0 Å². The molecule has 0 bridgehead atoms. The predicted molar refractivity (Wildman–Crippen MR) is 87.2 cm³/mol. The first-order valence-corrected chi connectivity index (χ1v) is 7.79. The lowest BCUT2D eigenvalue weighted by molar-refractivity contribution is 0.478. The van der Waals surface area contributed by atoms with Crippen molar-refractivity contribution >= 4 is 5.69 Å². The van der Waals surface area contributed by atoms with E-state index in [1.54, 1.807) is 0 Å². The molecule has 1 aromatic heterocycles. The largest absolute Gasteiger partial charge is 0.399 e. The molecule has 0 amide bonds. The zero-order chi connectivity index (χ0) is 15.0. The van der Waals surface area contributed by atoms with Gasteiger partial charge < -0.3 is 11.5 Å². The average Bonchev–Trinajstić information content (AvgIpc) is 2.87. The van der Waals surface area contributed by atoms with Gasteiger partial charge in [-0.05, 0) is 51.8 Å². The van der Waals surface area contributed by atoms with Crippen molar-refractivity contribution in [2.45, 2.75) is 45.1 Å². The zero-order valence-electron chi connectivity index (χ0n) is 12.8. The van der Waals surface area contributed by atoms with E-state index in [0.29, 0.717) is 18.5 Å². The minimum atomic E-state index is 0.366. The van der Waals surface area contributed by atoms with Crippen LogP contribution in [0.5, 0.6) is 0 Å². The summed E-state index contributed by atoms with van der Waals surface area (Å²) in [5.41, 5.74) is 17.6. The van der Waals surface area contributed by atoms with Gasteiger partial charge >= 0.3 is 0 Å². The van der Waals surface area contributed by atoms with Crippen molar-refractivity contribution < 1.29 is 0 Å². The van der Waals surface area contributed by atoms with Crippen LogP contribution in [-0.4, -0.2) is 16.3 Å². The molecule has 4 nitrogen and oxygen atoms in total. The third-order valence-electron chi connectivity index (χ3n) is 4.36. The highest BCUT2D eigenvalue weighted by molar-refractivity contribution is 5.69. The van der Waals surface area contributed by atoms with Crippen LogP contribution in [0.2, 0.25) is 0 Å². The quantitative estimate of drug-likeness (QED) is 0.851. The van der Waals surface area contributed by atoms with Gasteiger partial charge in [-0.25, -0.2) is 0 Å². The molecule has 1 heterocycles. The minimum Gasteiger partial charge on any atom is -0.399 e. The molecule has 0 fully saturated rings. The fraction of sp³-hybridized carbons (Fsp3) is 0.471. The van der Waals surface area contributed by atoms with Gasteiger partial charge in [0.2, 0.25) is 0 Å². The Kier molecular flexibility index (Phi) is 3.72. The normalized spacial score (nSPS) is 18.0. The Morgan fingerprint density at radius 3 is 2.86 bits per heavy atom. The van der Waals surface area contributed by atoms with Crippen molar-refractivity contribution in [1.82, 2.24) is 9.78 Å². The molecule has 1 aliphatic carbocycles. The predicted octanol–water partition coefficient (Wildman–Crippen LogP) is 3.09. The molecular weight excluding hydrogens is 260 g/mol. The summed E-state index contributed by atoms with van der Waals surface area (Å²) in [7, 11) is 0. The maximum absolute atomic E-state index is 6.02. The van der Waals surface area contributed by atoms with E-state index in [1.165, 1.54) is 17.7 Å². The highest BCUT2D eigenvalue weighted by Crippen LogP contribution is 2.39. The van der Waals surface area contributed by atoms with Gasteiger partial charge in [0, 0.05) is 34.5 Å². The summed E-state index contributed by atoms with van der Waals surface area (Å²) in [5, 5.41) is 4.91. The van der Waals surface area contributed by atoms with Crippen molar-refractivity contribution in [2.75, 3.05) is 12.3 Å². The lowest BCUT2D eigenvalue weighted by Gasteiger charge is -2.23. The molecule has 0 saturated carbocycles. The summed E-state index contributed by atoms with van der Waals surface area (Å²) in [6.07, 6.45) is 3.45. The number of nitrogens with zero attached hydrogens (tertiary/aromatic N) is 2. The second-order valence-corrected chi connectivity index (χ2v) is 6.20. The van der Waals surface area contributed by atoms with E-state index < -0.39 is 0 Å². The number of nitrogen functional groups attached to an aromatic ring is 1. The molecule has 0 aliphatic heterocycles. The molecule has 1 atom stereocenters. The van der Waals surface area contributed by atoms with Crippen LogP contribution in [0.3, 0.4) is 0 Å². The van der Waals surface area contributed by atoms with Gasteiger partial charge in [-0.2, -0.15) is 5.10 Å². The monoisotopic (exact) mass is 284 g/mol. The highest BCUT2D eigenvalue weighted by atomic mass is 15.3. The number of hydrogen-bond acceptors (Lipinski definition) is 3. The van der Waals surface area contributed by atoms with Crippen molar-refractivity contribution in [3.8, 4) is 11.3 Å². The van der Waals surface area contributed by atoms with E-state index in [4.69, 9.17) is 16.6 Å². The first kappa shape index (κ1) is 14.1. The molecule has 0 spiro atoms. The van der Waals surface area contributed by atoms with Gasteiger partial charge in [0.25, 0.3) is 0 Å². The summed E-state index contributed by atoms with van der Waals surface area (Å²) in [6, 6.07) is 8.37. The van der Waals surface area contributed by atoms with Crippen molar-refractivity contribution in [2.24, 2.45) is 5.73 Å². The van der Waals surface area contributed by atoms with E-state index in [9.17, 15) is 0 Å². The van der Waals surface area contributed by atoms with Crippen LogP contribution in [0.1, 0.15) is 49.9 Å². The Labute approximate surface area is 126 Å². The highest BCUT2D eigenvalue weighted by Gasteiger charge is 2.29. The van der Waals surface area contributed by atoms with Crippen molar-refractivity contribution in [3.05, 3.63) is 35.5 Å². The Hall–Kier alpha value is -1.81. The van der Waals surface area contributed by atoms with Crippen LogP contribution in [0.15, 0.2) is 24.3 Å². The Balaban J connectivity index is 2.20. The van der Waals surface area contributed by atoms with Gasteiger partial charge in [-0.15, -0.1) is 0 Å². The van der Waals surface area contributed by atoms with Crippen LogP contribution in [-0.2, 0) is 6.42 Å². The van der Waals surface area contributed by atoms with Gasteiger partial charge in [-0.3, -0.25) is 4.68 Å². The summed E-state index contributed by atoms with van der Waals surface area (Å²) in [5.74, 6) is 0.415. The van der Waals surface area contributed by atoms with Gasteiger partial charge in [0.05, 0.1) is 5.69 Å². The SMILES string of the molecule is CC(C)n1nc(-c2cccc(N)c2)c2c1CCCC2CN. The molecular formula is C17H24N4. The second kappa shape index (κ2) is 5.53. The smallest absolute Gasteiger partial charge is 0.0962 e. The Morgan fingerprint density at radius 2 is 2.19 bits per heavy atom. The number of aromatic nitrogens is 2. The van der Waals surface area contributed by atoms with E-state index in [1.807, 2.05) is 18.2 Å². The maximum atomic E-state index is 6.02. The van der Waals surface area contributed by atoms with E-state index >= 15 is 0 Å². The minimum absolute atomic E-state index is 0.366. The number of nitrogens with two attached hydrogens (primary N) is 2. The number of benzene rings is 1. The molecule has 21 heavy (non-hydrogen) atoms. The summed E-state index contributed by atoms with van der Waals surface area (Å²) >= 11 is 0. The first-order valence-electron chi connectivity index (χ1n) is 7.79. The van der Waals surface area contributed by atoms with Crippen molar-refractivity contribution in [3.63, 3.8) is 0 Å². The third-order valence-corrected chi connectivity index (χ3v) is 4.36. The summed E-state index contributed by atoms with van der Waals surface area (Å²) < 4.78 is 2.18. The molecule has 4 N–H and O–H groups in total. The summed E-state index contributed by atoms with van der Waals surface area (Å²) in [4.78, 5) is 0. The van der Waals surface area contributed by atoms with E-state index in [2.05, 4.69) is 24.6 Å². The summed E-state index contributed by atoms with van der Waals surface area (Å²) in [6.45, 7) is 5.05. The van der Waals surface area contributed by atoms with Gasteiger partial charge in [0.1, 0.15) is 0 Å².